The summed E-state index contributed by atoms with van der Waals surface area (Å²) in [5.74, 6) is 2.32. The third-order valence-corrected chi connectivity index (χ3v) is 3.71. The Hall–Kier alpha value is -1.71. The molecule has 0 aliphatic heterocycles. The molecule has 1 aromatic carbocycles. The first kappa shape index (κ1) is 13.7. The van der Waals surface area contributed by atoms with Gasteiger partial charge in [-0.2, -0.15) is 0 Å². The van der Waals surface area contributed by atoms with Gasteiger partial charge < -0.3 is 14.8 Å². The molecule has 2 rings (SSSR count). The monoisotopic (exact) mass is 263 g/mol. The highest BCUT2D eigenvalue weighted by Crippen LogP contribution is 2.38. The summed E-state index contributed by atoms with van der Waals surface area (Å²) in [6, 6.07) is 5.57. The Balaban J connectivity index is 2.09. The van der Waals surface area contributed by atoms with Crippen molar-refractivity contribution >= 4 is 5.91 Å². The fraction of sp³-hybridized carbons (Fsp3) is 0.533. The van der Waals surface area contributed by atoms with Crippen LogP contribution in [0.15, 0.2) is 18.2 Å². The molecule has 0 saturated heterocycles. The molecule has 0 radical (unpaired) electrons. The Kier molecular flexibility index (Phi) is 3.98. The predicted molar refractivity (Wildman–Crippen MR) is 73.4 cm³/mol. The van der Waals surface area contributed by atoms with Gasteiger partial charge in [-0.25, -0.2) is 0 Å². The number of ether oxygens (including phenoxy) is 2. The summed E-state index contributed by atoms with van der Waals surface area (Å²) in [5.41, 5.74) is 0.963. The van der Waals surface area contributed by atoms with E-state index in [0.29, 0.717) is 5.92 Å². The number of carbonyl (C=O) groups excluding carboxylic acids is 1. The van der Waals surface area contributed by atoms with Gasteiger partial charge >= 0.3 is 0 Å². The molecule has 0 spiro atoms. The fourth-order valence-electron chi connectivity index (χ4n) is 2.26. The fourth-order valence-corrected chi connectivity index (χ4v) is 2.26. The van der Waals surface area contributed by atoms with Gasteiger partial charge in [-0.05, 0) is 31.4 Å². The lowest BCUT2D eigenvalue weighted by molar-refractivity contribution is -0.123. The first-order valence-electron chi connectivity index (χ1n) is 6.59. The summed E-state index contributed by atoms with van der Waals surface area (Å²) in [6.07, 6.45) is 0.998. The van der Waals surface area contributed by atoms with Crippen LogP contribution in [0.1, 0.15) is 31.9 Å². The molecule has 4 nitrogen and oxygen atoms in total. The van der Waals surface area contributed by atoms with Crippen molar-refractivity contribution in [1.82, 2.24) is 5.32 Å². The molecule has 4 heteroatoms. The van der Waals surface area contributed by atoms with Crippen LogP contribution in [0.5, 0.6) is 11.5 Å². The lowest BCUT2D eigenvalue weighted by Crippen LogP contribution is -2.28. The average molecular weight is 263 g/mol. The quantitative estimate of drug-likeness (QED) is 0.888. The summed E-state index contributed by atoms with van der Waals surface area (Å²) in [4.78, 5) is 11.9. The molecule has 0 heterocycles. The molecule has 104 valence electrons. The van der Waals surface area contributed by atoms with Gasteiger partial charge in [-0.15, -0.1) is 0 Å². The maximum absolute atomic E-state index is 11.9. The lowest BCUT2D eigenvalue weighted by Gasteiger charge is -2.18. The molecule has 1 aromatic rings. The number of nitrogens with one attached hydrogen (secondary N) is 1. The number of rotatable bonds is 5. The van der Waals surface area contributed by atoms with Crippen LogP contribution in [-0.4, -0.2) is 20.1 Å². The summed E-state index contributed by atoms with van der Waals surface area (Å²) in [7, 11) is 3.24. The van der Waals surface area contributed by atoms with Crippen LogP contribution in [0, 0.1) is 11.8 Å². The Bertz CT molecular complexity index is 472. The third-order valence-electron chi connectivity index (χ3n) is 3.71. The van der Waals surface area contributed by atoms with Gasteiger partial charge in [0.25, 0.3) is 0 Å². The minimum Gasteiger partial charge on any atom is -0.497 e. The molecule has 0 aromatic heterocycles. The number of amides is 1. The maximum Gasteiger partial charge on any atom is 0.223 e. The van der Waals surface area contributed by atoms with Crippen molar-refractivity contribution in [3.05, 3.63) is 23.8 Å². The van der Waals surface area contributed by atoms with E-state index in [1.54, 1.807) is 14.2 Å². The van der Waals surface area contributed by atoms with Crippen molar-refractivity contribution in [1.29, 1.82) is 0 Å². The normalized spacial score (nSPS) is 22.5. The highest BCUT2D eigenvalue weighted by atomic mass is 16.5. The van der Waals surface area contributed by atoms with E-state index in [-0.39, 0.29) is 17.9 Å². The van der Waals surface area contributed by atoms with Gasteiger partial charge in [0.1, 0.15) is 11.5 Å². The van der Waals surface area contributed by atoms with Gasteiger partial charge in [-0.3, -0.25) is 4.79 Å². The number of carbonyl (C=O) groups is 1. The molecule has 1 saturated carbocycles. The number of methoxy groups -OCH3 is 2. The maximum atomic E-state index is 11.9. The van der Waals surface area contributed by atoms with Crippen molar-refractivity contribution in [3.8, 4) is 11.5 Å². The molecule has 1 amide bonds. The van der Waals surface area contributed by atoms with Gasteiger partial charge in [0.15, 0.2) is 0 Å². The molecule has 1 aliphatic rings. The van der Waals surface area contributed by atoms with Crippen molar-refractivity contribution in [2.75, 3.05) is 14.2 Å². The van der Waals surface area contributed by atoms with Crippen LogP contribution in [0.4, 0.5) is 0 Å². The zero-order valence-corrected chi connectivity index (χ0v) is 11.9. The molecule has 1 aliphatic carbocycles. The molecular weight excluding hydrogens is 242 g/mol. The summed E-state index contributed by atoms with van der Waals surface area (Å²) < 4.78 is 10.5. The minimum atomic E-state index is -0.0684. The predicted octanol–water partition coefficient (Wildman–Crippen LogP) is 2.54. The molecule has 0 bridgehead atoms. The number of hydrogen-bond donors (Lipinski definition) is 1. The van der Waals surface area contributed by atoms with Crippen LogP contribution in [0.25, 0.3) is 0 Å². The van der Waals surface area contributed by atoms with E-state index in [2.05, 4.69) is 12.2 Å². The number of benzene rings is 1. The van der Waals surface area contributed by atoms with Crippen LogP contribution in [-0.2, 0) is 4.79 Å². The van der Waals surface area contributed by atoms with E-state index in [9.17, 15) is 4.79 Å². The van der Waals surface area contributed by atoms with Crippen molar-refractivity contribution < 1.29 is 14.3 Å². The molecule has 1 fully saturated rings. The second-order valence-electron chi connectivity index (χ2n) is 5.16. The zero-order valence-electron chi connectivity index (χ0n) is 11.9. The van der Waals surface area contributed by atoms with Crippen LogP contribution in [0.2, 0.25) is 0 Å². The second kappa shape index (κ2) is 5.51. The highest BCUT2D eigenvalue weighted by molar-refractivity contribution is 5.81. The Labute approximate surface area is 114 Å². The van der Waals surface area contributed by atoms with Gasteiger partial charge in [-0.1, -0.05) is 6.92 Å². The van der Waals surface area contributed by atoms with Crippen molar-refractivity contribution in [2.45, 2.75) is 26.3 Å². The summed E-state index contributed by atoms with van der Waals surface area (Å²) >= 11 is 0. The SMILES string of the molecule is COc1ccc(C(C)NC(=O)C2CC2C)c(OC)c1. The van der Waals surface area contributed by atoms with E-state index in [4.69, 9.17) is 9.47 Å². The second-order valence-corrected chi connectivity index (χ2v) is 5.16. The van der Waals surface area contributed by atoms with Crippen LogP contribution >= 0.6 is 0 Å². The van der Waals surface area contributed by atoms with Crippen molar-refractivity contribution in [3.63, 3.8) is 0 Å². The first-order valence-corrected chi connectivity index (χ1v) is 6.59. The molecule has 19 heavy (non-hydrogen) atoms. The standard InChI is InChI=1S/C15H21NO3/c1-9-7-13(9)15(17)16-10(2)12-6-5-11(18-3)8-14(12)19-4/h5-6,8-10,13H,7H2,1-4H3,(H,16,17). The van der Waals surface area contributed by atoms with Crippen molar-refractivity contribution in [2.24, 2.45) is 11.8 Å². The topological polar surface area (TPSA) is 47.6 Å². The molecule has 3 unspecified atom stereocenters. The van der Waals surface area contributed by atoms with Crippen LogP contribution in [0.3, 0.4) is 0 Å². The van der Waals surface area contributed by atoms with E-state index in [1.165, 1.54) is 0 Å². The number of hydrogen-bond acceptors (Lipinski definition) is 3. The summed E-state index contributed by atoms with van der Waals surface area (Å²) in [6.45, 7) is 4.07. The molecular formula is C15H21NO3. The summed E-state index contributed by atoms with van der Waals surface area (Å²) in [5, 5.41) is 3.04. The van der Waals surface area contributed by atoms with Gasteiger partial charge in [0.05, 0.1) is 20.3 Å². The van der Waals surface area contributed by atoms with E-state index in [0.717, 1.165) is 23.5 Å². The third kappa shape index (κ3) is 3.00. The smallest absolute Gasteiger partial charge is 0.223 e. The average Bonchev–Trinajstić information content (AvgIpc) is 3.15. The Morgan fingerprint density at radius 1 is 1.37 bits per heavy atom. The van der Waals surface area contributed by atoms with Crippen LogP contribution < -0.4 is 14.8 Å². The largest absolute Gasteiger partial charge is 0.497 e. The molecule has 1 N–H and O–H groups in total. The van der Waals surface area contributed by atoms with Gasteiger partial charge in [0.2, 0.25) is 5.91 Å². The van der Waals surface area contributed by atoms with E-state index >= 15 is 0 Å². The van der Waals surface area contributed by atoms with E-state index in [1.807, 2.05) is 25.1 Å². The lowest BCUT2D eigenvalue weighted by atomic mass is 10.1. The molecule has 3 atom stereocenters. The van der Waals surface area contributed by atoms with E-state index < -0.39 is 0 Å². The highest BCUT2D eigenvalue weighted by Gasteiger charge is 2.39. The van der Waals surface area contributed by atoms with Gasteiger partial charge in [0, 0.05) is 17.5 Å². The first-order chi connectivity index (χ1) is 9.06. The Morgan fingerprint density at radius 3 is 2.58 bits per heavy atom. The zero-order chi connectivity index (χ0) is 14.0. The minimum absolute atomic E-state index is 0.0684. The Morgan fingerprint density at radius 2 is 2.05 bits per heavy atom.